The van der Waals surface area contributed by atoms with Crippen molar-refractivity contribution in [3.63, 3.8) is 0 Å². The highest BCUT2D eigenvalue weighted by molar-refractivity contribution is 5.35. The quantitative estimate of drug-likeness (QED) is 0.683. The van der Waals surface area contributed by atoms with Crippen molar-refractivity contribution >= 4 is 0 Å². The summed E-state index contributed by atoms with van der Waals surface area (Å²) in [6, 6.07) is 15.9. The molecule has 5 heteroatoms. The fraction of sp³-hybridized carbons (Fsp3) is 0. The van der Waals surface area contributed by atoms with Crippen LogP contribution < -0.4 is 9.47 Å². The first kappa shape index (κ1) is 14.0. The first-order valence-electron chi connectivity index (χ1n) is 6.53. The molecule has 0 unspecified atom stereocenters. The molecule has 2 aromatic carbocycles. The van der Waals surface area contributed by atoms with E-state index in [0.717, 1.165) is 6.07 Å². The van der Waals surface area contributed by atoms with E-state index in [1.54, 1.807) is 12.1 Å². The minimum Gasteiger partial charge on any atom is -0.454 e. The highest BCUT2D eigenvalue weighted by atomic mass is 19.2. The fourth-order valence-electron chi connectivity index (χ4n) is 1.81. The normalized spacial score (nSPS) is 10.3. The second-order valence-electron chi connectivity index (χ2n) is 4.40. The number of aromatic nitrogens is 1. The maximum atomic E-state index is 13.6. The fourth-order valence-corrected chi connectivity index (χ4v) is 1.81. The zero-order valence-corrected chi connectivity index (χ0v) is 11.4. The van der Waals surface area contributed by atoms with E-state index in [4.69, 9.17) is 9.47 Å². The Hall–Kier alpha value is -2.95. The SMILES string of the molecule is Fc1cccc(Oc2ccnc(Oc3ccccc3)c2)c1F. The third-order valence-electron chi connectivity index (χ3n) is 2.82. The van der Waals surface area contributed by atoms with Crippen LogP contribution >= 0.6 is 0 Å². The van der Waals surface area contributed by atoms with E-state index in [-0.39, 0.29) is 5.75 Å². The molecule has 0 spiro atoms. The van der Waals surface area contributed by atoms with E-state index in [1.807, 2.05) is 18.2 Å². The van der Waals surface area contributed by atoms with Gasteiger partial charge < -0.3 is 9.47 Å². The molecule has 0 saturated heterocycles. The predicted octanol–water partition coefficient (Wildman–Crippen LogP) is 4.94. The van der Waals surface area contributed by atoms with Crippen molar-refractivity contribution < 1.29 is 18.3 Å². The van der Waals surface area contributed by atoms with Gasteiger partial charge in [0, 0.05) is 12.3 Å². The van der Waals surface area contributed by atoms with Gasteiger partial charge in [-0.25, -0.2) is 9.37 Å². The highest BCUT2D eigenvalue weighted by Gasteiger charge is 2.10. The first-order valence-corrected chi connectivity index (χ1v) is 6.53. The maximum Gasteiger partial charge on any atom is 0.222 e. The Morgan fingerprint density at radius 1 is 0.773 bits per heavy atom. The first-order chi connectivity index (χ1) is 10.7. The Bertz CT molecular complexity index is 779. The van der Waals surface area contributed by atoms with Crippen molar-refractivity contribution in [1.29, 1.82) is 0 Å². The van der Waals surface area contributed by atoms with Crippen LogP contribution in [-0.2, 0) is 0 Å². The summed E-state index contributed by atoms with van der Waals surface area (Å²) < 4.78 is 37.6. The van der Waals surface area contributed by atoms with Gasteiger partial charge in [-0.05, 0) is 30.3 Å². The van der Waals surface area contributed by atoms with Gasteiger partial charge in [0.05, 0.1) is 0 Å². The molecule has 0 radical (unpaired) electrons. The van der Waals surface area contributed by atoms with Crippen LogP contribution in [0.4, 0.5) is 8.78 Å². The molecular weight excluding hydrogens is 288 g/mol. The average molecular weight is 299 g/mol. The van der Waals surface area contributed by atoms with E-state index < -0.39 is 11.6 Å². The van der Waals surface area contributed by atoms with E-state index in [9.17, 15) is 8.78 Å². The van der Waals surface area contributed by atoms with Crippen molar-refractivity contribution in [3.8, 4) is 23.1 Å². The minimum absolute atomic E-state index is 0.197. The lowest BCUT2D eigenvalue weighted by Gasteiger charge is -2.09. The van der Waals surface area contributed by atoms with E-state index in [1.165, 1.54) is 30.5 Å². The zero-order chi connectivity index (χ0) is 15.4. The molecular formula is C17H11F2NO2. The van der Waals surface area contributed by atoms with Crippen molar-refractivity contribution in [2.24, 2.45) is 0 Å². The molecule has 0 fully saturated rings. The summed E-state index contributed by atoms with van der Waals surface area (Å²) in [5.41, 5.74) is 0. The molecule has 1 heterocycles. The minimum atomic E-state index is -1.04. The summed E-state index contributed by atoms with van der Waals surface area (Å²) in [7, 11) is 0. The lowest BCUT2D eigenvalue weighted by molar-refractivity contribution is 0.409. The van der Waals surface area contributed by atoms with Crippen LogP contribution in [0.5, 0.6) is 23.1 Å². The Balaban J connectivity index is 1.81. The maximum absolute atomic E-state index is 13.6. The highest BCUT2D eigenvalue weighted by Crippen LogP contribution is 2.28. The number of benzene rings is 2. The number of halogens is 2. The Kier molecular flexibility index (Phi) is 3.96. The van der Waals surface area contributed by atoms with E-state index in [2.05, 4.69) is 4.98 Å². The van der Waals surface area contributed by atoms with Crippen molar-refractivity contribution in [2.75, 3.05) is 0 Å². The molecule has 0 N–H and O–H groups in total. The summed E-state index contributed by atoms with van der Waals surface area (Å²) in [4.78, 5) is 4.05. The molecule has 0 amide bonds. The number of para-hydroxylation sites is 1. The van der Waals surface area contributed by atoms with Gasteiger partial charge in [0.1, 0.15) is 11.5 Å². The summed E-state index contributed by atoms with van der Waals surface area (Å²) in [6.45, 7) is 0. The number of pyridine rings is 1. The lowest BCUT2D eigenvalue weighted by atomic mass is 10.3. The lowest BCUT2D eigenvalue weighted by Crippen LogP contribution is -1.93. The summed E-state index contributed by atoms with van der Waals surface area (Å²) in [5.74, 6) is -0.996. The van der Waals surface area contributed by atoms with Crippen LogP contribution in [0.1, 0.15) is 0 Å². The average Bonchev–Trinajstić information content (AvgIpc) is 2.53. The topological polar surface area (TPSA) is 31.4 Å². The number of rotatable bonds is 4. The molecule has 0 aliphatic carbocycles. The third kappa shape index (κ3) is 3.20. The van der Waals surface area contributed by atoms with E-state index in [0.29, 0.717) is 17.4 Å². The number of hydrogen-bond acceptors (Lipinski definition) is 3. The standard InChI is InChI=1S/C17H11F2NO2/c18-14-7-4-8-15(17(14)19)21-13-9-10-20-16(11-13)22-12-5-2-1-3-6-12/h1-11H. The molecule has 3 rings (SSSR count). The predicted molar refractivity (Wildman–Crippen MR) is 77.2 cm³/mol. The Morgan fingerprint density at radius 2 is 1.59 bits per heavy atom. The van der Waals surface area contributed by atoms with Gasteiger partial charge in [-0.15, -0.1) is 0 Å². The molecule has 3 aromatic rings. The van der Waals surface area contributed by atoms with Crippen LogP contribution in [0.25, 0.3) is 0 Å². The van der Waals surface area contributed by atoms with Gasteiger partial charge in [0.2, 0.25) is 11.7 Å². The molecule has 0 saturated carbocycles. The molecule has 22 heavy (non-hydrogen) atoms. The molecule has 0 aliphatic heterocycles. The Labute approximate surface area is 125 Å². The molecule has 0 aliphatic rings. The van der Waals surface area contributed by atoms with E-state index >= 15 is 0 Å². The van der Waals surface area contributed by atoms with Crippen molar-refractivity contribution in [2.45, 2.75) is 0 Å². The smallest absolute Gasteiger partial charge is 0.222 e. The molecule has 0 atom stereocenters. The third-order valence-corrected chi connectivity index (χ3v) is 2.82. The summed E-state index contributed by atoms with van der Waals surface area (Å²) in [5, 5.41) is 0. The van der Waals surface area contributed by atoms with Crippen LogP contribution in [-0.4, -0.2) is 4.98 Å². The Morgan fingerprint density at radius 3 is 2.41 bits per heavy atom. The summed E-state index contributed by atoms with van der Waals surface area (Å²) in [6.07, 6.45) is 1.46. The molecule has 0 bridgehead atoms. The van der Waals surface area contributed by atoms with Crippen LogP contribution in [0.3, 0.4) is 0 Å². The van der Waals surface area contributed by atoms with Crippen LogP contribution in [0.15, 0.2) is 66.9 Å². The number of hydrogen-bond donors (Lipinski definition) is 0. The zero-order valence-electron chi connectivity index (χ0n) is 11.4. The second kappa shape index (κ2) is 6.22. The monoisotopic (exact) mass is 299 g/mol. The van der Waals surface area contributed by atoms with Gasteiger partial charge in [-0.1, -0.05) is 24.3 Å². The van der Waals surface area contributed by atoms with Gasteiger partial charge in [-0.2, -0.15) is 4.39 Å². The largest absolute Gasteiger partial charge is 0.454 e. The van der Waals surface area contributed by atoms with Crippen LogP contribution in [0.2, 0.25) is 0 Å². The number of ether oxygens (including phenoxy) is 2. The summed E-state index contributed by atoms with van der Waals surface area (Å²) >= 11 is 0. The molecule has 3 nitrogen and oxygen atoms in total. The second-order valence-corrected chi connectivity index (χ2v) is 4.40. The van der Waals surface area contributed by atoms with Gasteiger partial charge in [0.25, 0.3) is 0 Å². The van der Waals surface area contributed by atoms with Gasteiger partial charge in [0.15, 0.2) is 11.6 Å². The number of nitrogens with zero attached hydrogens (tertiary/aromatic N) is 1. The van der Waals surface area contributed by atoms with Crippen molar-refractivity contribution in [1.82, 2.24) is 4.98 Å². The molecule has 1 aromatic heterocycles. The van der Waals surface area contributed by atoms with Gasteiger partial charge >= 0.3 is 0 Å². The molecule has 110 valence electrons. The van der Waals surface area contributed by atoms with Gasteiger partial charge in [-0.3, -0.25) is 0 Å². The van der Waals surface area contributed by atoms with Crippen LogP contribution in [0, 0.1) is 11.6 Å². The van der Waals surface area contributed by atoms with Crippen molar-refractivity contribution in [3.05, 3.63) is 78.5 Å².